The van der Waals surface area contributed by atoms with Crippen LogP contribution < -0.4 is 0 Å². The molecule has 0 amide bonds. The molecule has 1 aliphatic rings. The number of hydrogen-bond acceptors (Lipinski definition) is 1. The van der Waals surface area contributed by atoms with Crippen LogP contribution in [0.1, 0.15) is 33.1 Å². The van der Waals surface area contributed by atoms with Gasteiger partial charge in [0.05, 0.1) is 5.92 Å². The van der Waals surface area contributed by atoms with E-state index in [4.69, 9.17) is 5.11 Å². The first kappa shape index (κ1) is 8.57. The molecule has 0 saturated heterocycles. The molecule has 0 radical (unpaired) electrons. The lowest BCUT2D eigenvalue weighted by Crippen LogP contribution is -2.28. The predicted molar refractivity (Wildman–Crippen MR) is 43.3 cm³/mol. The van der Waals surface area contributed by atoms with E-state index in [1.165, 1.54) is 6.42 Å². The van der Waals surface area contributed by atoms with E-state index in [1.807, 2.05) is 6.92 Å². The molecule has 0 aromatic carbocycles. The topological polar surface area (TPSA) is 37.3 Å². The molecule has 0 aliphatic heterocycles. The van der Waals surface area contributed by atoms with Gasteiger partial charge in [0, 0.05) is 0 Å². The monoisotopic (exact) mass is 156 g/mol. The average molecular weight is 156 g/mol. The summed E-state index contributed by atoms with van der Waals surface area (Å²) >= 11 is 0. The molecule has 3 atom stereocenters. The van der Waals surface area contributed by atoms with Crippen LogP contribution in [-0.2, 0) is 4.79 Å². The third-order valence-corrected chi connectivity index (χ3v) is 2.78. The van der Waals surface area contributed by atoms with E-state index in [1.54, 1.807) is 0 Å². The van der Waals surface area contributed by atoms with Gasteiger partial charge in [-0.15, -0.1) is 0 Å². The minimum absolute atomic E-state index is 0.0845. The van der Waals surface area contributed by atoms with Gasteiger partial charge in [-0.05, 0) is 24.7 Å². The van der Waals surface area contributed by atoms with Crippen LogP contribution in [0, 0.1) is 17.8 Å². The number of aliphatic carboxylic acids is 1. The van der Waals surface area contributed by atoms with Gasteiger partial charge in [-0.2, -0.15) is 0 Å². The molecule has 0 unspecified atom stereocenters. The Morgan fingerprint density at radius 1 is 1.36 bits per heavy atom. The molecule has 1 N–H and O–H groups in total. The predicted octanol–water partition coefficient (Wildman–Crippen LogP) is 2.14. The van der Waals surface area contributed by atoms with Crippen molar-refractivity contribution in [1.29, 1.82) is 0 Å². The molecule has 64 valence electrons. The van der Waals surface area contributed by atoms with E-state index >= 15 is 0 Å². The fourth-order valence-corrected chi connectivity index (χ4v) is 1.88. The summed E-state index contributed by atoms with van der Waals surface area (Å²) in [5.74, 6) is 0.291. The minimum Gasteiger partial charge on any atom is -0.481 e. The Kier molecular flexibility index (Phi) is 2.53. The number of hydrogen-bond donors (Lipinski definition) is 1. The van der Waals surface area contributed by atoms with Crippen LogP contribution in [-0.4, -0.2) is 11.1 Å². The van der Waals surface area contributed by atoms with E-state index in [9.17, 15) is 4.79 Å². The summed E-state index contributed by atoms with van der Waals surface area (Å²) in [5, 5.41) is 8.83. The highest BCUT2D eigenvalue weighted by molar-refractivity contribution is 5.70. The molecule has 1 aliphatic carbocycles. The van der Waals surface area contributed by atoms with E-state index in [0.29, 0.717) is 11.8 Å². The van der Waals surface area contributed by atoms with Gasteiger partial charge in [0.15, 0.2) is 0 Å². The molecule has 1 fully saturated rings. The van der Waals surface area contributed by atoms with Crippen LogP contribution in [0.3, 0.4) is 0 Å². The third-order valence-electron chi connectivity index (χ3n) is 2.78. The number of rotatable bonds is 1. The fourth-order valence-electron chi connectivity index (χ4n) is 1.88. The summed E-state index contributed by atoms with van der Waals surface area (Å²) in [5.41, 5.74) is 0. The van der Waals surface area contributed by atoms with Gasteiger partial charge in [-0.25, -0.2) is 0 Å². The van der Waals surface area contributed by atoms with E-state index in [2.05, 4.69) is 6.92 Å². The van der Waals surface area contributed by atoms with Crippen molar-refractivity contribution in [2.24, 2.45) is 17.8 Å². The summed E-state index contributed by atoms with van der Waals surface area (Å²) in [6.07, 6.45) is 3.15. The minimum atomic E-state index is -0.607. The van der Waals surface area contributed by atoms with E-state index in [-0.39, 0.29) is 5.92 Å². The van der Waals surface area contributed by atoms with Crippen LogP contribution in [0.15, 0.2) is 0 Å². The summed E-state index contributed by atoms with van der Waals surface area (Å²) in [6, 6.07) is 0. The second-order valence-corrected chi connectivity index (χ2v) is 3.84. The lowest BCUT2D eigenvalue weighted by atomic mass is 9.76. The molecule has 2 heteroatoms. The summed E-state index contributed by atoms with van der Waals surface area (Å²) in [4.78, 5) is 10.7. The zero-order valence-corrected chi connectivity index (χ0v) is 7.21. The second-order valence-electron chi connectivity index (χ2n) is 3.84. The highest BCUT2D eigenvalue weighted by Gasteiger charge is 2.30. The quantitative estimate of drug-likeness (QED) is 0.631. The molecule has 1 rings (SSSR count). The molecule has 0 heterocycles. The van der Waals surface area contributed by atoms with Crippen LogP contribution >= 0.6 is 0 Å². The summed E-state index contributed by atoms with van der Waals surface area (Å²) in [6.45, 7) is 4.19. The van der Waals surface area contributed by atoms with Gasteiger partial charge in [-0.1, -0.05) is 20.3 Å². The van der Waals surface area contributed by atoms with Crippen molar-refractivity contribution in [3.63, 3.8) is 0 Å². The van der Waals surface area contributed by atoms with E-state index in [0.717, 1.165) is 12.8 Å². The van der Waals surface area contributed by atoms with Gasteiger partial charge in [0.1, 0.15) is 0 Å². The Labute approximate surface area is 67.6 Å². The Morgan fingerprint density at radius 3 is 2.45 bits per heavy atom. The fraction of sp³-hybridized carbons (Fsp3) is 0.889. The van der Waals surface area contributed by atoms with Crippen molar-refractivity contribution in [2.75, 3.05) is 0 Å². The summed E-state index contributed by atoms with van der Waals surface area (Å²) in [7, 11) is 0. The van der Waals surface area contributed by atoms with Crippen LogP contribution in [0.25, 0.3) is 0 Å². The molecule has 0 aromatic rings. The number of carbonyl (C=O) groups is 1. The van der Waals surface area contributed by atoms with Gasteiger partial charge >= 0.3 is 5.97 Å². The number of carboxylic acid groups (broad SMARTS) is 1. The Morgan fingerprint density at radius 2 is 2.00 bits per heavy atom. The van der Waals surface area contributed by atoms with Crippen LogP contribution in [0.2, 0.25) is 0 Å². The first-order valence-electron chi connectivity index (χ1n) is 4.34. The van der Waals surface area contributed by atoms with Crippen molar-refractivity contribution >= 4 is 5.97 Å². The highest BCUT2D eigenvalue weighted by Crippen LogP contribution is 2.33. The zero-order chi connectivity index (χ0) is 8.43. The van der Waals surface area contributed by atoms with Crippen molar-refractivity contribution in [3.8, 4) is 0 Å². The normalized spacial score (nSPS) is 38.5. The van der Waals surface area contributed by atoms with Crippen molar-refractivity contribution in [1.82, 2.24) is 0 Å². The molecule has 0 aromatic heterocycles. The molecule has 0 spiro atoms. The zero-order valence-electron chi connectivity index (χ0n) is 7.21. The highest BCUT2D eigenvalue weighted by atomic mass is 16.4. The Bertz CT molecular complexity index is 154. The standard InChI is InChI=1S/C9H16O2/c1-6-3-4-7(2)8(5-6)9(10)11/h6-8H,3-5H2,1-2H3,(H,10,11)/t6-,7+,8+/m0/s1. The number of carboxylic acids is 1. The summed E-state index contributed by atoms with van der Waals surface area (Å²) < 4.78 is 0. The molecule has 1 saturated carbocycles. The Balaban J connectivity index is 2.54. The average Bonchev–Trinajstić information content (AvgIpc) is 1.94. The van der Waals surface area contributed by atoms with Gasteiger partial charge in [0.25, 0.3) is 0 Å². The second kappa shape index (κ2) is 3.24. The molecular formula is C9H16O2. The van der Waals surface area contributed by atoms with Crippen LogP contribution in [0.4, 0.5) is 0 Å². The van der Waals surface area contributed by atoms with Crippen molar-refractivity contribution in [3.05, 3.63) is 0 Å². The lowest BCUT2D eigenvalue weighted by Gasteiger charge is -2.29. The van der Waals surface area contributed by atoms with Crippen molar-refractivity contribution in [2.45, 2.75) is 33.1 Å². The molecular weight excluding hydrogens is 140 g/mol. The maximum absolute atomic E-state index is 10.7. The van der Waals surface area contributed by atoms with Crippen LogP contribution in [0.5, 0.6) is 0 Å². The maximum Gasteiger partial charge on any atom is 0.306 e. The SMILES string of the molecule is C[C@H]1CC[C@@H](C)[C@H](C(=O)O)C1. The Hall–Kier alpha value is -0.530. The third kappa shape index (κ3) is 1.95. The first-order chi connectivity index (χ1) is 5.11. The lowest BCUT2D eigenvalue weighted by molar-refractivity contribution is -0.145. The first-order valence-corrected chi connectivity index (χ1v) is 4.34. The van der Waals surface area contributed by atoms with Gasteiger partial charge < -0.3 is 5.11 Å². The molecule has 11 heavy (non-hydrogen) atoms. The van der Waals surface area contributed by atoms with Crippen molar-refractivity contribution < 1.29 is 9.90 Å². The molecule has 0 bridgehead atoms. The maximum atomic E-state index is 10.7. The largest absolute Gasteiger partial charge is 0.481 e. The molecule has 2 nitrogen and oxygen atoms in total. The smallest absolute Gasteiger partial charge is 0.306 e. The van der Waals surface area contributed by atoms with Gasteiger partial charge in [0.2, 0.25) is 0 Å². The van der Waals surface area contributed by atoms with E-state index < -0.39 is 5.97 Å². The van der Waals surface area contributed by atoms with Gasteiger partial charge in [-0.3, -0.25) is 4.79 Å².